The molecular weight excluding hydrogens is 202 g/mol. The van der Waals surface area contributed by atoms with Crippen LogP contribution in [0.15, 0.2) is 6.33 Å². The van der Waals surface area contributed by atoms with Crippen LogP contribution in [0.2, 0.25) is 0 Å². The van der Waals surface area contributed by atoms with Crippen LogP contribution in [0.5, 0.6) is 0 Å². The number of hydrogen-bond acceptors (Lipinski definition) is 3. The van der Waals surface area contributed by atoms with Crippen molar-refractivity contribution < 1.29 is 5.11 Å². The van der Waals surface area contributed by atoms with E-state index >= 15 is 0 Å². The summed E-state index contributed by atoms with van der Waals surface area (Å²) < 4.78 is 0. The van der Waals surface area contributed by atoms with Crippen LogP contribution in [0.25, 0.3) is 0 Å². The molecule has 1 aromatic heterocycles. The Hall–Kier alpha value is -0.870. The summed E-state index contributed by atoms with van der Waals surface area (Å²) in [7, 11) is 0. The summed E-state index contributed by atoms with van der Waals surface area (Å²) in [5.74, 6) is 0. The molecule has 4 nitrogen and oxygen atoms in total. The lowest BCUT2D eigenvalue weighted by molar-refractivity contribution is 0.236. The van der Waals surface area contributed by atoms with Crippen LogP contribution in [-0.4, -0.2) is 28.2 Å². The topological polar surface area (TPSA) is 60.9 Å². The zero-order valence-corrected chi connectivity index (χ0v) is 10.5. The van der Waals surface area contributed by atoms with Gasteiger partial charge in [-0.15, -0.1) is 0 Å². The summed E-state index contributed by atoms with van der Waals surface area (Å²) in [5.41, 5.74) is 2.44. The Kier molecular flexibility index (Phi) is 4.96. The molecule has 0 fully saturated rings. The summed E-state index contributed by atoms with van der Waals surface area (Å²) >= 11 is 0. The molecule has 0 saturated carbocycles. The molecule has 0 spiro atoms. The number of rotatable bonds is 7. The first-order valence-corrected chi connectivity index (χ1v) is 5.85. The zero-order chi connectivity index (χ0) is 12.0. The summed E-state index contributed by atoms with van der Waals surface area (Å²) in [6.45, 7) is 8.49. The van der Waals surface area contributed by atoms with E-state index in [4.69, 9.17) is 5.11 Å². The quantitative estimate of drug-likeness (QED) is 0.660. The van der Waals surface area contributed by atoms with Gasteiger partial charge in [0.2, 0.25) is 0 Å². The average molecular weight is 225 g/mol. The molecule has 16 heavy (non-hydrogen) atoms. The van der Waals surface area contributed by atoms with Gasteiger partial charge in [0.05, 0.1) is 12.0 Å². The van der Waals surface area contributed by atoms with E-state index in [1.165, 1.54) is 0 Å². The van der Waals surface area contributed by atoms with E-state index in [0.717, 1.165) is 37.3 Å². The SMILES string of the molecule is Cc1[nH]cnc1CNCC(C)(C)CCCO. The molecule has 1 aromatic rings. The number of aromatic amines is 1. The Bertz CT molecular complexity index is 307. The summed E-state index contributed by atoms with van der Waals surface area (Å²) in [4.78, 5) is 7.31. The van der Waals surface area contributed by atoms with Crippen LogP contribution in [0.3, 0.4) is 0 Å². The minimum atomic E-state index is 0.229. The van der Waals surface area contributed by atoms with Crippen LogP contribution < -0.4 is 5.32 Å². The standard InChI is InChI=1S/C12H23N3O/c1-10-11(15-9-14-10)7-13-8-12(2,3)5-4-6-16/h9,13,16H,4-8H2,1-3H3,(H,14,15). The fraction of sp³-hybridized carbons (Fsp3) is 0.750. The molecule has 92 valence electrons. The van der Waals surface area contributed by atoms with Gasteiger partial charge >= 0.3 is 0 Å². The third kappa shape index (κ3) is 4.33. The number of imidazole rings is 1. The zero-order valence-electron chi connectivity index (χ0n) is 10.5. The molecule has 0 radical (unpaired) electrons. The maximum atomic E-state index is 8.81. The van der Waals surface area contributed by atoms with E-state index in [2.05, 4.69) is 29.1 Å². The maximum absolute atomic E-state index is 8.81. The second-order valence-corrected chi connectivity index (χ2v) is 5.07. The molecule has 0 unspecified atom stereocenters. The number of H-pyrrole nitrogens is 1. The second-order valence-electron chi connectivity index (χ2n) is 5.07. The molecule has 4 heteroatoms. The number of hydrogen-bond donors (Lipinski definition) is 3. The van der Waals surface area contributed by atoms with Crippen molar-refractivity contribution in [2.24, 2.45) is 5.41 Å². The molecular formula is C12H23N3O. The summed E-state index contributed by atoms with van der Waals surface area (Å²) in [6.07, 6.45) is 3.63. The van der Waals surface area contributed by atoms with Gasteiger partial charge in [0.25, 0.3) is 0 Å². The second kappa shape index (κ2) is 6.01. The molecule has 0 aliphatic carbocycles. The predicted molar refractivity (Wildman–Crippen MR) is 65.1 cm³/mol. The largest absolute Gasteiger partial charge is 0.396 e. The average Bonchev–Trinajstić information content (AvgIpc) is 2.62. The molecule has 1 rings (SSSR count). The monoisotopic (exact) mass is 225 g/mol. The fourth-order valence-electron chi connectivity index (χ4n) is 1.73. The summed E-state index contributed by atoms with van der Waals surface area (Å²) in [6, 6.07) is 0. The predicted octanol–water partition coefficient (Wildman–Crippen LogP) is 1.61. The molecule has 1 heterocycles. The molecule has 0 aromatic carbocycles. The van der Waals surface area contributed by atoms with Crippen molar-refractivity contribution >= 4 is 0 Å². The molecule has 0 saturated heterocycles. The third-order valence-corrected chi connectivity index (χ3v) is 2.84. The van der Waals surface area contributed by atoms with E-state index < -0.39 is 0 Å². The van der Waals surface area contributed by atoms with Crippen molar-refractivity contribution in [3.63, 3.8) is 0 Å². The lowest BCUT2D eigenvalue weighted by Gasteiger charge is -2.24. The van der Waals surface area contributed by atoms with Gasteiger partial charge in [-0.3, -0.25) is 0 Å². The first-order valence-electron chi connectivity index (χ1n) is 5.85. The first kappa shape index (κ1) is 13.2. The number of nitrogens with zero attached hydrogens (tertiary/aromatic N) is 1. The minimum absolute atomic E-state index is 0.229. The van der Waals surface area contributed by atoms with Crippen LogP contribution in [0, 0.1) is 12.3 Å². The maximum Gasteiger partial charge on any atom is 0.0925 e. The van der Waals surface area contributed by atoms with Crippen molar-refractivity contribution in [3.05, 3.63) is 17.7 Å². The highest BCUT2D eigenvalue weighted by atomic mass is 16.2. The minimum Gasteiger partial charge on any atom is -0.396 e. The van der Waals surface area contributed by atoms with E-state index in [1.54, 1.807) is 6.33 Å². The van der Waals surface area contributed by atoms with Gasteiger partial charge in [-0.2, -0.15) is 0 Å². The van der Waals surface area contributed by atoms with Gasteiger partial charge in [-0.05, 0) is 25.2 Å². The Morgan fingerprint density at radius 2 is 2.25 bits per heavy atom. The molecule has 0 bridgehead atoms. The van der Waals surface area contributed by atoms with Gasteiger partial charge in [0.15, 0.2) is 0 Å². The summed E-state index contributed by atoms with van der Waals surface area (Å²) in [5, 5.41) is 12.2. The van der Waals surface area contributed by atoms with Crippen LogP contribution >= 0.6 is 0 Å². The number of aromatic nitrogens is 2. The van der Waals surface area contributed by atoms with Crippen LogP contribution in [-0.2, 0) is 6.54 Å². The van der Waals surface area contributed by atoms with Crippen molar-refractivity contribution in [1.29, 1.82) is 0 Å². The Balaban J connectivity index is 2.27. The Morgan fingerprint density at radius 1 is 1.50 bits per heavy atom. The highest BCUT2D eigenvalue weighted by Gasteiger charge is 2.16. The molecule has 0 aliphatic heterocycles. The molecule has 3 N–H and O–H groups in total. The van der Waals surface area contributed by atoms with Gasteiger partial charge in [-0.1, -0.05) is 13.8 Å². The van der Waals surface area contributed by atoms with E-state index in [-0.39, 0.29) is 12.0 Å². The van der Waals surface area contributed by atoms with Crippen LogP contribution in [0.1, 0.15) is 38.1 Å². The van der Waals surface area contributed by atoms with Gasteiger partial charge in [0.1, 0.15) is 0 Å². The number of aliphatic hydroxyl groups is 1. The molecule has 0 amide bonds. The highest BCUT2D eigenvalue weighted by Crippen LogP contribution is 2.20. The van der Waals surface area contributed by atoms with Crippen molar-refractivity contribution in [2.75, 3.05) is 13.2 Å². The van der Waals surface area contributed by atoms with Gasteiger partial charge < -0.3 is 15.4 Å². The number of aryl methyl sites for hydroxylation is 1. The molecule has 0 atom stereocenters. The fourth-order valence-corrected chi connectivity index (χ4v) is 1.73. The Morgan fingerprint density at radius 3 is 2.81 bits per heavy atom. The van der Waals surface area contributed by atoms with Gasteiger partial charge in [0, 0.05) is 25.4 Å². The number of aliphatic hydroxyl groups excluding tert-OH is 1. The Labute approximate surface area is 97.5 Å². The van der Waals surface area contributed by atoms with Crippen molar-refractivity contribution in [1.82, 2.24) is 15.3 Å². The third-order valence-electron chi connectivity index (χ3n) is 2.84. The van der Waals surface area contributed by atoms with E-state index in [0.29, 0.717) is 0 Å². The molecule has 0 aliphatic rings. The lowest BCUT2D eigenvalue weighted by Crippen LogP contribution is -2.29. The highest BCUT2D eigenvalue weighted by molar-refractivity contribution is 5.07. The smallest absolute Gasteiger partial charge is 0.0925 e. The van der Waals surface area contributed by atoms with E-state index in [9.17, 15) is 0 Å². The lowest BCUT2D eigenvalue weighted by atomic mass is 9.88. The normalized spacial score (nSPS) is 12.0. The van der Waals surface area contributed by atoms with Gasteiger partial charge in [-0.25, -0.2) is 4.98 Å². The van der Waals surface area contributed by atoms with Crippen molar-refractivity contribution in [2.45, 2.75) is 40.2 Å². The van der Waals surface area contributed by atoms with E-state index in [1.807, 2.05) is 6.92 Å². The number of nitrogens with one attached hydrogen (secondary N) is 2. The first-order chi connectivity index (χ1) is 7.55. The van der Waals surface area contributed by atoms with Crippen molar-refractivity contribution in [3.8, 4) is 0 Å². The van der Waals surface area contributed by atoms with Crippen LogP contribution in [0.4, 0.5) is 0 Å².